The molecule has 154 valence electrons. The quantitative estimate of drug-likeness (QED) is 0.306. The topological polar surface area (TPSA) is 64.6 Å². The molecule has 0 fully saturated rings. The number of hydrogen-bond donors (Lipinski definition) is 1. The number of hydrogen-bond acceptors (Lipinski definition) is 5. The summed E-state index contributed by atoms with van der Waals surface area (Å²) in [4.78, 5) is 25.0. The van der Waals surface area contributed by atoms with Crippen LogP contribution >= 0.6 is 27.3 Å². The van der Waals surface area contributed by atoms with E-state index in [1.807, 2.05) is 30.5 Å². The van der Waals surface area contributed by atoms with E-state index in [1.165, 1.54) is 17.4 Å². The van der Waals surface area contributed by atoms with Gasteiger partial charge in [0.2, 0.25) is 0 Å². The highest BCUT2D eigenvalue weighted by Crippen LogP contribution is 2.29. The first-order chi connectivity index (χ1) is 14.5. The van der Waals surface area contributed by atoms with Crippen LogP contribution in [-0.4, -0.2) is 24.9 Å². The van der Waals surface area contributed by atoms with E-state index >= 15 is 0 Å². The van der Waals surface area contributed by atoms with E-state index in [0.717, 1.165) is 10.0 Å². The van der Waals surface area contributed by atoms with Crippen LogP contribution in [0.15, 0.2) is 70.5 Å². The summed E-state index contributed by atoms with van der Waals surface area (Å²) in [5, 5.41) is 4.64. The number of rotatable bonds is 9. The molecule has 1 N–H and O–H groups in total. The van der Waals surface area contributed by atoms with Crippen molar-refractivity contribution in [3.63, 3.8) is 0 Å². The fourth-order valence-corrected chi connectivity index (χ4v) is 3.92. The van der Waals surface area contributed by atoms with Gasteiger partial charge in [-0.1, -0.05) is 30.3 Å². The van der Waals surface area contributed by atoms with Crippen LogP contribution in [0.4, 0.5) is 5.69 Å². The molecule has 5 nitrogen and oxygen atoms in total. The molecule has 0 bridgehead atoms. The summed E-state index contributed by atoms with van der Waals surface area (Å²) in [6, 6.07) is 16.3. The zero-order valence-electron chi connectivity index (χ0n) is 16.3. The minimum atomic E-state index is -0.264. The lowest BCUT2D eigenvalue weighted by Gasteiger charge is -2.12. The molecule has 1 amide bonds. The Morgan fingerprint density at radius 3 is 2.57 bits per heavy atom. The predicted octanol–water partition coefficient (Wildman–Crippen LogP) is 5.82. The first kappa shape index (κ1) is 21.8. The van der Waals surface area contributed by atoms with Crippen molar-refractivity contribution in [1.29, 1.82) is 0 Å². The second-order valence-corrected chi connectivity index (χ2v) is 8.00. The Hall–Kier alpha value is -2.90. The van der Waals surface area contributed by atoms with E-state index in [9.17, 15) is 9.59 Å². The maximum absolute atomic E-state index is 12.2. The van der Waals surface area contributed by atoms with E-state index in [2.05, 4.69) is 21.2 Å². The molecule has 1 heterocycles. The molecule has 0 radical (unpaired) electrons. The van der Waals surface area contributed by atoms with Gasteiger partial charge in [0.05, 0.1) is 11.5 Å². The summed E-state index contributed by atoms with van der Waals surface area (Å²) in [5.74, 6) is 0.645. The Balaban J connectivity index is 1.64. The number of ether oxygens (including phenoxy) is 2. The van der Waals surface area contributed by atoms with E-state index in [4.69, 9.17) is 9.47 Å². The van der Waals surface area contributed by atoms with Gasteiger partial charge in [0, 0.05) is 15.5 Å². The highest BCUT2D eigenvalue weighted by molar-refractivity contribution is 9.10. The normalized spacial score (nSPS) is 10.7. The molecular formula is C23H20BrNO4S. The summed E-state index contributed by atoms with van der Waals surface area (Å²) in [6.07, 6.45) is 3.25. The van der Waals surface area contributed by atoms with Crippen molar-refractivity contribution in [2.24, 2.45) is 0 Å². The third-order valence-corrected chi connectivity index (χ3v) is 5.63. The second kappa shape index (κ2) is 10.8. The van der Waals surface area contributed by atoms with Crippen LogP contribution in [0.2, 0.25) is 0 Å². The third kappa shape index (κ3) is 6.30. The van der Waals surface area contributed by atoms with Crippen LogP contribution < -0.4 is 14.8 Å². The number of carbonyl (C=O) groups excluding carboxylic acids is 2. The zero-order chi connectivity index (χ0) is 21.3. The van der Waals surface area contributed by atoms with Crippen LogP contribution in [-0.2, 0) is 4.79 Å². The number of ketones is 1. The molecule has 0 saturated heterocycles. The number of para-hydroxylation sites is 1. The molecule has 0 aliphatic rings. The van der Waals surface area contributed by atoms with Crippen molar-refractivity contribution >= 4 is 50.7 Å². The number of allylic oxidation sites excluding steroid dienone is 1. The van der Waals surface area contributed by atoms with Crippen LogP contribution in [0, 0.1) is 0 Å². The highest BCUT2D eigenvalue weighted by atomic mass is 79.9. The molecule has 0 aliphatic carbocycles. The van der Waals surface area contributed by atoms with Crippen molar-refractivity contribution in [3.05, 3.63) is 81.0 Å². The Bertz CT molecular complexity index is 1050. The standard InChI is InChI=1S/C23H20BrNO4S/c1-2-28-21-12-16(8-10-19(26)22-13-17(24)15-30-22)9-11-20(21)29-14-23(27)25-18-6-4-3-5-7-18/h3-13,15H,2,14H2,1H3,(H,25,27)/b10-8+. The molecule has 7 heteroatoms. The molecule has 3 rings (SSSR count). The van der Waals surface area contributed by atoms with E-state index in [1.54, 1.807) is 42.5 Å². The van der Waals surface area contributed by atoms with Gasteiger partial charge in [-0.25, -0.2) is 0 Å². The maximum Gasteiger partial charge on any atom is 0.262 e. The molecule has 0 atom stereocenters. The van der Waals surface area contributed by atoms with Crippen LogP contribution in [0.3, 0.4) is 0 Å². The lowest BCUT2D eigenvalue weighted by molar-refractivity contribution is -0.118. The van der Waals surface area contributed by atoms with Crippen molar-refractivity contribution in [2.75, 3.05) is 18.5 Å². The lowest BCUT2D eigenvalue weighted by atomic mass is 10.1. The van der Waals surface area contributed by atoms with Gasteiger partial charge in [0.1, 0.15) is 0 Å². The monoisotopic (exact) mass is 485 g/mol. The fraction of sp³-hybridized carbons (Fsp3) is 0.130. The molecule has 0 spiro atoms. The van der Waals surface area contributed by atoms with Gasteiger partial charge in [-0.15, -0.1) is 11.3 Å². The van der Waals surface area contributed by atoms with Gasteiger partial charge in [-0.3, -0.25) is 9.59 Å². The van der Waals surface area contributed by atoms with Crippen molar-refractivity contribution in [1.82, 2.24) is 0 Å². The first-order valence-corrected chi connectivity index (χ1v) is 10.9. The Kier molecular flexibility index (Phi) is 7.82. The number of benzene rings is 2. The summed E-state index contributed by atoms with van der Waals surface area (Å²) in [5.41, 5.74) is 1.50. The molecule has 2 aromatic carbocycles. The average Bonchev–Trinajstić information content (AvgIpc) is 3.19. The fourth-order valence-electron chi connectivity index (χ4n) is 2.57. The van der Waals surface area contributed by atoms with E-state index < -0.39 is 0 Å². The lowest BCUT2D eigenvalue weighted by Crippen LogP contribution is -2.20. The molecular weight excluding hydrogens is 466 g/mol. The zero-order valence-corrected chi connectivity index (χ0v) is 18.7. The summed E-state index contributed by atoms with van der Waals surface area (Å²) in [6.45, 7) is 2.17. The average molecular weight is 486 g/mol. The molecule has 0 saturated carbocycles. The molecule has 1 aromatic heterocycles. The third-order valence-electron chi connectivity index (χ3n) is 3.92. The van der Waals surface area contributed by atoms with Crippen LogP contribution in [0.25, 0.3) is 6.08 Å². The van der Waals surface area contributed by atoms with Gasteiger partial charge in [0.25, 0.3) is 5.91 Å². The number of halogens is 1. The van der Waals surface area contributed by atoms with Gasteiger partial charge in [-0.2, -0.15) is 0 Å². The van der Waals surface area contributed by atoms with E-state index in [0.29, 0.717) is 28.7 Å². The van der Waals surface area contributed by atoms with Crippen molar-refractivity contribution < 1.29 is 19.1 Å². The van der Waals surface area contributed by atoms with Crippen LogP contribution in [0.5, 0.6) is 11.5 Å². The number of nitrogens with one attached hydrogen (secondary N) is 1. The molecule has 0 unspecified atom stereocenters. The molecule has 30 heavy (non-hydrogen) atoms. The SMILES string of the molecule is CCOc1cc(/C=C/C(=O)c2cc(Br)cs2)ccc1OCC(=O)Nc1ccccc1. The maximum atomic E-state index is 12.2. The Morgan fingerprint density at radius 2 is 1.87 bits per heavy atom. The van der Waals surface area contributed by atoms with Gasteiger partial charge >= 0.3 is 0 Å². The minimum absolute atomic E-state index is 0.0680. The number of amides is 1. The van der Waals surface area contributed by atoms with Crippen molar-refractivity contribution in [3.8, 4) is 11.5 Å². The Morgan fingerprint density at radius 1 is 1.07 bits per heavy atom. The smallest absolute Gasteiger partial charge is 0.262 e. The predicted molar refractivity (Wildman–Crippen MR) is 124 cm³/mol. The largest absolute Gasteiger partial charge is 0.490 e. The molecule has 0 aliphatic heterocycles. The summed E-state index contributed by atoms with van der Waals surface area (Å²) >= 11 is 4.74. The first-order valence-electron chi connectivity index (χ1n) is 9.26. The summed E-state index contributed by atoms with van der Waals surface area (Å²) in [7, 11) is 0. The van der Waals surface area contributed by atoms with Crippen LogP contribution in [0.1, 0.15) is 22.2 Å². The number of carbonyl (C=O) groups is 2. The number of anilines is 1. The van der Waals surface area contributed by atoms with Crippen molar-refractivity contribution in [2.45, 2.75) is 6.92 Å². The van der Waals surface area contributed by atoms with Gasteiger partial charge < -0.3 is 14.8 Å². The van der Waals surface area contributed by atoms with Gasteiger partial charge in [0.15, 0.2) is 23.9 Å². The van der Waals surface area contributed by atoms with E-state index in [-0.39, 0.29) is 18.3 Å². The summed E-state index contributed by atoms with van der Waals surface area (Å²) < 4.78 is 12.2. The Labute approximate surface area is 187 Å². The highest BCUT2D eigenvalue weighted by Gasteiger charge is 2.10. The second-order valence-electron chi connectivity index (χ2n) is 6.17. The van der Waals surface area contributed by atoms with Gasteiger partial charge in [-0.05, 0) is 64.8 Å². The molecule has 3 aromatic rings. The number of thiophene rings is 1. The minimum Gasteiger partial charge on any atom is -0.490 e.